The van der Waals surface area contributed by atoms with Crippen molar-refractivity contribution in [1.29, 1.82) is 0 Å². The van der Waals surface area contributed by atoms with Crippen molar-refractivity contribution < 1.29 is 13.9 Å². The van der Waals surface area contributed by atoms with Gasteiger partial charge < -0.3 is 20.3 Å². The number of guanidine groups is 1. The first-order valence-electron chi connectivity index (χ1n) is 10.0. The molecule has 0 spiro atoms. The molecule has 0 bridgehead atoms. The fourth-order valence-electron chi connectivity index (χ4n) is 3.18. The highest BCUT2D eigenvalue weighted by molar-refractivity contribution is 5.86. The smallest absolute Gasteiger partial charge is 0.241 e. The molecular weight excluding hydrogens is 383 g/mol. The number of hydrogen-bond acceptors (Lipinski definition) is 3. The van der Waals surface area contributed by atoms with Gasteiger partial charge in [0.05, 0.1) is 20.2 Å². The molecule has 0 saturated heterocycles. The monoisotopic (exact) mass is 412 g/mol. The first-order chi connectivity index (χ1) is 14.4. The van der Waals surface area contributed by atoms with E-state index in [2.05, 4.69) is 15.6 Å². The van der Waals surface area contributed by atoms with E-state index in [-0.39, 0.29) is 23.7 Å². The van der Waals surface area contributed by atoms with Crippen molar-refractivity contribution >= 4 is 11.9 Å². The molecule has 3 rings (SSSR count). The minimum atomic E-state index is -0.220. The van der Waals surface area contributed by atoms with Crippen LogP contribution in [0.15, 0.2) is 53.5 Å². The van der Waals surface area contributed by atoms with Crippen LogP contribution in [-0.4, -0.2) is 51.1 Å². The topological polar surface area (TPSA) is 66.0 Å². The Morgan fingerprint density at radius 3 is 2.50 bits per heavy atom. The van der Waals surface area contributed by atoms with Gasteiger partial charge in [-0.3, -0.25) is 4.79 Å². The predicted octanol–water partition coefficient (Wildman–Crippen LogP) is 2.69. The molecule has 2 aromatic rings. The fraction of sp³-hybridized carbons (Fsp3) is 0.391. The zero-order valence-corrected chi connectivity index (χ0v) is 17.7. The van der Waals surface area contributed by atoms with Gasteiger partial charge in [0, 0.05) is 26.1 Å². The summed E-state index contributed by atoms with van der Waals surface area (Å²) in [6, 6.07) is 14.5. The van der Waals surface area contributed by atoms with Gasteiger partial charge in [-0.1, -0.05) is 24.3 Å². The molecule has 2 aromatic carbocycles. The van der Waals surface area contributed by atoms with E-state index in [0.29, 0.717) is 19.0 Å². The van der Waals surface area contributed by atoms with Gasteiger partial charge in [0.15, 0.2) is 5.96 Å². The number of carbonyl (C=O) groups is 1. The first-order valence-corrected chi connectivity index (χ1v) is 10.0. The number of rotatable bonds is 8. The third kappa shape index (κ3) is 5.72. The van der Waals surface area contributed by atoms with Crippen molar-refractivity contribution in [3.05, 3.63) is 65.5 Å². The number of carbonyl (C=O) groups excluding carboxylic acids is 1. The van der Waals surface area contributed by atoms with E-state index < -0.39 is 0 Å². The summed E-state index contributed by atoms with van der Waals surface area (Å²) in [5, 5.41) is 6.45. The van der Waals surface area contributed by atoms with E-state index >= 15 is 0 Å². The Hall–Kier alpha value is -3.09. The number of hydrogen-bond donors (Lipinski definition) is 2. The maximum Gasteiger partial charge on any atom is 0.241 e. The highest BCUT2D eigenvalue weighted by Gasteiger charge is 2.44. The average molecular weight is 413 g/mol. The van der Waals surface area contributed by atoms with Crippen molar-refractivity contribution in [2.24, 2.45) is 4.99 Å². The SMILES string of the molecule is COc1ccc(CN=C(NCC(=O)N(C)C)NCC2(c3cccc(F)c3)CC2)cc1. The molecule has 0 heterocycles. The summed E-state index contributed by atoms with van der Waals surface area (Å²) in [4.78, 5) is 18.2. The van der Waals surface area contributed by atoms with Gasteiger partial charge in [0.25, 0.3) is 0 Å². The highest BCUT2D eigenvalue weighted by Crippen LogP contribution is 2.47. The van der Waals surface area contributed by atoms with E-state index in [1.165, 1.54) is 11.0 Å². The van der Waals surface area contributed by atoms with Crippen LogP contribution in [0.2, 0.25) is 0 Å². The van der Waals surface area contributed by atoms with Crippen LogP contribution in [0.25, 0.3) is 0 Å². The highest BCUT2D eigenvalue weighted by atomic mass is 19.1. The van der Waals surface area contributed by atoms with E-state index in [4.69, 9.17) is 4.74 Å². The van der Waals surface area contributed by atoms with E-state index in [0.717, 1.165) is 29.7 Å². The predicted molar refractivity (Wildman–Crippen MR) is 116 cm³/mol. The van der Waals surface area contributed by atoms with Crippen LogP contribution in [-0.2, 0) is 16.8 Å². The molecule has 1 saturated carbocycles. The fourth-order valence-corrected chi connectivity index (χ4v) is 3.18. The summed E-state index contributed by atoms with van der Waals surface area (Å²) < 4.78 is 18.9. The molecule has 1 amide bonds. The molecule has 2 N–H and O–H groups in total. The number of halogens is 1. The molecule has 1 aliphatic rings. The molecule has 0 radical (unpaired) electrons. The van der Waals surface area contributed by atoms with E-state index in [9.17, 15) is 9.18 Å². The van der Waals surface area contributed by atoms with Crippen molar-refractivity contribution in [3.63, 3.8) is 0 Å². The Morgan fingerprint density at radius 1 is 1.17 bits per heavy atom. The lowest BCUT2D eigenvalue weighted by Gasteiger charge is -2.20. The van der Waals surface area contributed by atoms with Crippen molar-refractivity contribution in [3.8, 4) is 5.75 Å². The summed E-state index contributed by atoms with van der Waals surface area (Å²) in [5.74, 6) is 1.09. The average Bonchev–Trinajstić information content (AvgIpc) is 3.54. The summed E-state index contributed by atoms with van der Waals surface area (Å²) >= 11 is 0. The quantitative estimate of drug-likeness (QED) is 0.517. The van der Waals surface area contributed by atoms with Gasteiger partial charge >= 0.3 is 0 Å². The van der Waals surface area contributed by atoms with Gasteiger partial charge in [0.2, 0.25) is 5.91 Å². The second-order valence-corrected chi connectivity index (χ2v) is 7.80. The van der Waals surface area contributed by atoms with Gasteiger partial charge in [-0.15, -0.1) is 0 Å². The molecule has 0 aliphatic heterocycles. The van der Waals surface area contributed by atoms with Crippen LogP contribution in [0.1, 0.15) is 24.0 Å². The Bertz CT molecular complexity index is 892. The zero-order valence-electron chi connectivity index (χ0n) is 17.7. The van der Waals surface area contributed by atoms with Crippen LogP contribution < -0.4 is 15.4 Å². The molecule has 0 atom stereocenters. The van der Waals surface area contributed by atoms with Crippen LogP contribution in [0, 0.1) is 5.82 Å². The Morgan fingerprint density at radius 2 is 1.90 bits per heavy atom. The van der Waals surface area contributed by atoms with Gasteiger partial charge in [-0.05, 0) is 48.2 Å². The normalized spacial score (nSPS) is 14.7. The summed E-state index contributed by atoms with van der Waals surface area (Å²) in [6.07, 6.45) is 1.98. The molecule has 6 nitrogen and oxygen atoms in total. The molecule has 7 heteroatoms. The number of nitrogens with one attached hydrogen (secondary N) is 2. The lowest BCUT2D eigenvalue weighted by Crippen LogP contribution is -2.45. The largest absolute Gasteiger partial charge is 0.497 e. The number of benzene rings is 2. The Kier molecular flexibility index (Phi) is 6.92. The lowest BCUT2D eigenvalue weighted by molar-refractivity contribution is -0.127. The molecule has 30 heavy (non-hydrogen) atoms. The second-order valence-electron chi connectivity index (χ2n) is 7.80. The van der Waals surface area contributed by atoms with Crippen LogP contribution in [0.5, 0.6) is 5.75 Å². The van der Waals surface area contributed by atoms with Crippen molar-refractivity contribution in [2.45, 2.75) is 24.8 Å². The minimum absolute atomic E-state index is 0.0415. The maximum atomic E-state index is 13.7. The summed E-state index contributed by atoms with van der Waals surface area (Å²) in [7, 11) is 5.07. The molecular formula is C23H29FN4O2. The van der Waals surface area contributed by atoms with Gasteiger partial charge in [-0.2, -0.15) is 0 Å². The number of aliphatic imine (C=N–C) groups is 1. The second kappa shape index (κ2) is 9.61. The summed E-state index contributed by atoms with van der Waals surface area (Å²) in [5.41, 5.74) is 1.94. The number of ether oxygens (including phenoxy) is 1. The van der Waals surface area contributed by atoms with Crippen LogP contribution in [0.3, 0.4) is 0 Å². The van der Waals surface area contributed by atoms with Gasteiger partial charge in [-0.25, -0.2) is 9.38 Å². The zero-order chi connectivity index (χ0) is 21.6. The molecule has 1 aliphatic carbocycles. The molecule has 0 unspecified atom stereocenters. The molecule has 160 valence electrons. The molecule has 1 fully saturated rings. The Balaban J connectivity index is 1.67. The standard InChI is InChI=1S/C23H29FN4O2/c1-28(2)21(29)15-26-22(25-14-17-7-9-20(30-3)10-8-17)27-16-23(11-12-23)18-5-4-6-19(24)13-18/h4-10,13H,11-12,14-16H2,1-3H3,(H2,25,26,27). The van der Waals surface area contributed by atoms with Crippen LogP contribution >= 0.6 is 0 Å². The minimum Gasteiger partial charge on any atom is -0.497 e. The lowest BCUT2D eigenvalue weighted by atomic mass is 9.96. The maximum absolute atomic E-state index is 13.7. The van der Waals surface area contributed by atoms with Gasteiger partial charge in [0.1, 0.15) is 11.6 Å². The number of nitrogens with zero attached hydrogens (tertiary/aromatic N) is 2. The summed E-state index contributed by atoms with van der Waals surface area (Å²) in [6.45, 7) is 1.23. The Labute approximate surface area is 177 Å². The first kappa shape index (κ1) is 21.6. The third-order valence-corrected chi connectivity index (χ3v) is 5.37. The number of likely N-dealkylation sites (N-methyl/N-ethyl adjacent to an activating group) is 1. The number of amides is 1. The van der Waals surface area contributed by atoms with Crippen molar-refractivity contribution in [2.75, 3.05) is 34.3 Å². The number of methoxy groups -OCH3 is 1. The van der Waals surface area contributed by atoms with Crippen LogP contribution in [0.4, 0.5) is 4.39 Å². The van der Waals surface area contributed by atoms with Crippen molar-refractivity contribution in [1.82, 2.24) is 15.5 Å². The third-order valence-electron chi connectivity index (χ3n) is 5.37. The van der Waals surface area contributed by atoms with E-state index in [1.807, 2.05) is 30.3 Å². The molecule has 0 aromatic heterocycles. The van der Waals surface area contributed by atoms with E-state index in [1.54, 1.807) is 33.3 Å².